The summed E-state index contributed by atoms with van der Waals surface area (Å²) in [7, 11) is -3.40. The molecule has 0 aromatic heterocycles. The van der Waals surface area contributed by atoms with Crippen molar-refractivity contribution in [2.24, 2.45) is 0 Å². The second kappa shape index (κ2) is 7.40. The molecular weight excluding hydrogens is 385 g/mol. The summed E-state index contributed by atoms with van der Waals surface area (Å²) in [5, 5.41) is 0. The van der Waals surface area contributed by atoms with Crippen molar-refractivity contribution in [3.63, 3.8) is 0 Å². The van der Waals surface area contributed by atoms with Gasteiger partial charge in [-0.15, -0.1) is 0 Å². The summed E-state index contributed by atoms with van der Waals surface area (Å²) in [4.78, 5) is 0.865. The van der Waals surface area contributed by atoms with Crippen LogP contribution in [0.15, 0.2) is 59.5 Å². The molecule has 0 bridgehead atoms. The van der Waals surface area contributed by atoms with Gasteiger partial charge in [0.1, 0.15) is 0 Å². The zero-order chi connectivity index (χ0) is 17.2. The third kappa shape index (κ3) is 3.60. The molecule has 5 heteroatoms. The number of hydrogen-bond acceptors (Lipinski definition) is 2. The number of hydrogen-bond donors (Lipinski definition) is 0. The first kappa shape index (κ1) is 17.7. The van der Waals surface area contributed by atoms with E-state index in [1.807, 2.05) is 25.1 Å². The molecule has 128 valence electrons. The first-order valence-corrected chi connectivity index (χ1v) is 11.6. The quantitative estimate of drug-likeness (QED) is 0.714. The van der Waals surface area contributed by atoms with E-state index in [4.69, 9.17) is 0 Å². The van der Waals surface area contributed by atoms with Crippen LogP contribution < -0.4 is 4.46 Å². The predicted molar refractivity (Wildman–Crippen MR) is 99.3 cm³/mol. The van der Waals surface area contributed by atoms with Gasteiger partial charge in [0.2, 0.25) is 0 Å². The summed E-state index contributed by atoms with van der Waals surface area (Å²) in [5.41, 5.74) is 1.08. The number of aryl methyl sites for hydroxylation is 1. The van der Waals surface area contributed by atoms with Crippen molar-refractivity contribution in [1.82, 2.24) is 4.31 Å². The van der Waals surface area contributed by atoms with E-state index < -0.39 is 10.0 Å². The Morgan fingerprint density at radius 1 is 1.08 bits per heavy atom. The van der Waals surface area contributed by atoms with Gasteiger partial charge in [0.25, 0.3) is 0 Å². The molecule has 0 amide bonds. The number of nitrogens with zero attached hydrogens (tertiary/aromatic N) is 1. The fourth-order valence-corrected chi connectivity index (χ4v) is 8.05. The standard InChI is InChI=1S/C19H23NO2SSe/c1-3-18-19(24-17-7-5-4-6-8-17)13-14-20(18)23(21,22)16-11-9-15(2)10-12-16/h4-12,18-19H,3,13-14H2,1-2H3/t18-,19+/m1/s1. The third-order valence-corrected chi connectivity index (χ3v) is 9.38. The van der Waals surface area contributed by atoms with Gasteiger partial charge in [-0.3, -0.25) is 0 Å². The van der Waals surface area contributed by atoms with Gasteiger partial charge in [0, 0.05) is 0 Å². The monoisotopic (exact) mass is 409 g/mol. The Hall–Kier alpha value is -1.13. The molecule has 2 aromatic carbocycles. The molecule has 2 aromatic rings. The third-order valence-electron chi connectivity index (χ3n) is 4.51. The van der Waals surface area contributed by atoms with Crippen LogP contribution in [0.4, 0.5) is 0 Å². The van der Waals surface area contributed by atoms with Gasteiger partial charge in [-0.1, -0.05) is 0 Å². The van der Waals surface area contributed by atoms with E-state index in [0.717, 1.165) is 18.4 Å². The van der Waals surface area contributed by atoms with Gasteiger partial charge in [-0.2, -0.15) is 0 Å². The van der Waals surface area contributed by atoms with Crippen molar-refractivity contribution in [2.45, 2.75) is 42.4 Å². The Balaban J connectivity index is 1.82. The maximum atomic E-state index is 13.0. The number of rotatable bonds is 5. The molecule has 3 rings (SSSR count). The minimum absolute atomic E-state index is 0.108. The molecule has 2 atom stereocenters. The van der Waals surface area contributed by atoms with Crippen molar-refractivity contribution in [1.29, 1.82) is 0 Å². The van der Waals surface area contributed by atoms with Crippen LogP contribution in [0.5, 0.6) is 0 Å². The summed E-state index contributed by atoms with van der Waals surface area (Å²) in [6, 6.07) is 17.8. The Morgan fingerprint density at radius 2 is 1.75 bits per heavy atom. The van der Waals surface area contributed by atoms with E-state index in [0.29, 0.717) is 31.2 Å². The zero-order valence-corrected chi connectivity index (χ0v) is 16.6. The molecule has 0 unspecified atom stereocenters. The van der Waals surface area contributed by atoms with Crippen molar-refractivity contribution in [2.75, 3.05) is 6.54 Å². The first-order valence-electron chi connectivity index (χ1n) is 8.32. The van der Waals surface area contributed by atoms with Crippen LogP contribution in [-0.4, -0.2) is 40.3 Å². The molecule has 0 saturated carbocycles. The van der Waals surface area contributed by atoms with Crippen LogP contribution >= 0.6 is 0 Å². The van der Waals surface area contributed by atoms with Crippen LogP contribution in [0.3, 0.4) is 0 Å². The van der Waals surface area contributed by atoms with Gasteiger partial charge >= 0.3 is 151 Å². The zero-order valence-electron chi connectivity index (χ0n) is 14.1. The summed E-state index contributed by atoms with van der Waals surface area (Å²) >= 11 is 0.305. The van der Waals surface area contributed by atoms with Crippen molar-refractivity contribution < 1.29 is 8.42 Å². The summed E-state index contributed by atoms with van der Waals surface area (Å²) in [6.45, 7) is 4.70. The molecule has 24 heavy (non-hydrogen) atoms. The minimum atomic E-state index is -3.40. The van der Waals surface area contributed by atoms with Crippen LogP contribution in [0.2, 0.25) is 4.82 Å². The normalized spacial score (nSPS) is 21.9. The van der Waals surface area contributed by atoms with Gasteiger partial charge in [-0.05, 0) is 0 Å². The SMILES string of the molecule is CC[C@@H]1[C@@H]([Se]c2ccccc2)CCN1S(=O)(=O)c1ccc(C)cc1. The van der Waals surface area contributed by atoms with Crippen LogP contribution in [0, 0.1) is 6.92 Å². The fourth-order valence-electron chi connectivity index (χ4n) is 3.22. The van der Waals surface area contributed by atoms with Crippen molar-refractivity contribution in [3.05, 3.63) is 60.2 Å². The Bertz CT molecular complexity index is 775. The molecule has 0 spiro atoms. The van der Waals surface area contributed by atoms with Crippen molar-refractivity contribution in [3.8, 4) is 0 Å². The molecule has 3 nitrogen and oxygen atoms in total. The Morgan fingerprint density at radius 3 is 2.38 bits per heavy atom. The van der Waals surface area contributed by atoms with Crippen molar-refractivity contribution >= 4 is 29.4 Å². The van der Waals surface area contributed by atoms with Crippen LogP contribution in [-0.2, 0) is 10.0 Å². The Labute approximate surface area is 151 Å². The number of sulfonamides is 1. The van der Waals surface area contributed by atoms with Gasteiger partial charge in [0.15, 0.2) is 0 Å². The summed E-state index contributed by atoms with van der Waals surface area (Å²) < 4.78 is 29.2. The first-order chi connectivity index (χ1) is 11.5. The molecule has 0 aliphatic carbocycles. The Kier molecular flexibility index (Phi) is 5.46. The molecule has 1 aliphatic rings. The summed E-state index contributed by atoms with van der Waals surface area (Å²) in [5.74, 6) is 0. The maximum absolute atomic E-state index is 13.0. The van der Waals surface area contributed by atoms with E-state index in [1.54, 1.807) is 16.4 Å². The van der Waals surface area contributed by atoms with E-state index in [9.17, 15) is 8.42 Å². The average molecular weight is 408 g/mol. The van der Waals surface area contributed by atoms with Gasteiger partial charge in [-0.25, -0.2) is 0 Å². The molecule has 1 heterocycles. The van der Waals surface area contributed by atoms with E-state index in [1.165, 1.54) is 4.46 Å². The van der Waals surface area contributed by atoms with Gasteiger partial charge in [0.05, 0.1) is 0 Å². The topological polar surface area (TPSA) is 37.4 Å². The molecule has 1 fully saturated rings. The second-order valence-corrected chi connectivity index (χ2v) is 10.8. The molecule has 0 N–H and O–H groups in total. The summed E-state index contributed by atoms with van der Waals surface area (Å²) in [6.07, 6.45) is 1.82. The van der Waals surface area contributed by atoms with Crippen LogP contribution in [0.1, 0.15) is 25.3 Å². The van der Waals surface area contributed by atoms with E-state index in [2.05, 4.69) is 31.2 Å². The van der Waals surface area contributed by atoms with E-state index >= 15 is 0 Å². The molecule has 1 aliphatic heterocycles. The molecule has 0 radical (unpaired) electrons. The average Bonchev–Trinajstić information content (AvgIpc) is 2.99. The van der Waals surface area contributed by atoms with Crippen LogP contribution in [0.25, 0.3) is 0 Å². The predicted octanol–water partition coefficient (Wildman–Crippen LogP) is 2.99. The number of benzene rings is 2. The van der Waals surface area contributed by atoms with E-state index in [-0.39, 0.29) is 6.04 Å². The molecule has 1 saturated heterocycles. The second-order valence-electron chi connectivity index (χ2n) is 6.16. The fraction of sp³-hybridized carbons (Fsp3) is 0.368. The van der Waals surface area contributed by atoms with Gasteiger partial charge < -0.3 is 0 Å². The molecular formula is C19H23NO2SSe.